The molecular formula is C16H12F3N3O4. The maximum Gasteiger partial charge on any atom is 0.416 e. The van der Waals surface area contributed by atoms with Gasteiger partial charge in [-0.15, -0.1) is 0 Å². The fraction of sp³-hybridized carbons (Fsp3) is 0.125. The zero-order valence-electron chi connectivity index (χ0n) is 13.1. The quantitative estimate of drug-likeness (QED) is 0.482. The molecule has 10 heteroatoms. The van der Waals surface area contributed by atoms with Crippen LogP contribution in [0.2, 0.25) is 0 Å². The molecule has 0 unspecified atom stereocenters. The summed E-state index contributed by atoms with van der Waals surface area (Å²) in [5.74, 6) is -0.866. The van der Waals surface area contributed by atoms with Gasteiger partial charge in [-0.2, -0.15) is 18.3 Å². The number of para-hydroxylation sites is 1. The topological polar surface area (TPSA) is 93.8 Å². The van der Waals surface area contributed by atoms with Crippen molar-refractivity contribution in [3.8, 4) is 5.75 Å². The summed E-state index contributed by atoms with van der Waals surface area (Å²) >= 11 is 0. The van der Waals surface area contributed by atoms with Crippen LogP contribution in [0.15, 0.2) is 53.6 Å². The van der Waals surface area contributed by atoms with Crippen molar-refractivity contribution in [2.75, 3.05) is 6.61 Å². The highest BCUT2D eigenvalue weighted by atomic mass is 19.4. The second-order valence-electron chi connectivity index (χ2n) is 4.92. The monoisotopic (exact) mass is 367 g/mol. The van der Waals surface area contributed by atoms with Crippen molar-refractivity contribution in [3.63, 3.8) is 0 Å². The van der Waals surface area contributed by atoms with Crippen molar-refractivity contribution in [1.29, 1.82) is 0 Å². The highest BCUT2D eigenvalue weighted by molar-refractivity contribution is 5.86. The van der Waals surface area contributed by atoms with Crippen molar-refractivity contribution < 1.29 is 27.6 Å². The number of hydrazone groups is 1. The number of carbonyl (C=O) groups excluding carboxylic acids is 1. The molecule has 2 aromatic carbocycles. The Bertz CT molecular complexity index is 837. The number of hydrogen-bond acceptors (Lipinski definition) is 5. The third-order valence-corrected chi connectivity index (χ3v) is 3.06. The number of amides is 1. The van der Waals surface area contributed by atoms with E-state index in [4.69, 9.17) is 4.74 Å². The van der Waals surface area contributed by atoms with Crippen LogP contribution in [0.4, 0.5) is 18.9 Å². The first kappa shape index (κ1) is 18.9. The number of ether oxygens (including phenoxy) is 1. The Morgan fingerprint density at radius 1 is 1.23 bits per heavy atom. The third-order valence-electron chi connectivity index (χ3n) is 3.06. The van der Waals surface area contributed by atoms with E-state index in [2.05, 4.69) is 10.5 Å². The van der Waals surface area contributed by atoms with E-state index in [0.717, 1.165) is 24.4 Å². The molecule has 1 N–H and O–H groups in total. The Morgan fingerprint density at radius 3 is 2.65 bits per heavy atom. The lowest BCUT2D eigenvalue weighted by atomic mass is 10.2. The summed E-state index contributed by atoms with van der Waals surface area (Å²) in [4.78, 5) is 21.8. The molecule has 136 valence electrons. The first-order valence-electron chi connectivity index (χ1n) is 7.13. The van der Waals surface area contributed by atoms with Gasteiger partial charge in [0, 0.05) is 6.07 Å². The molecule has 7 nitrogen and oxygen atoms in total. The Hall–Kier alpha value is -3.43. The van der Waals surface area contributed by atoms with E-state index in [0.29, 0.717) is 0 Å². The number of alkyl halides is 3. The summed E-state index contributed by atoms with van der Waals surface area (Å²) in [7, 11) is 0. The van der Waals surface area contributed by atoms with Crippen molar-refractivity contribution in [3.05, 3.63) is 69.8 Å². The third kappa shape index (κ3) is 5.30. The molecule has 0 aliphatic carbocycles. The number of nitrogens with one attached hydrogen (secondary N) is 1. The minimum absolute atomic E-state index is 0.127. The molecule has 26 heavy (non-hydrogen) atoms. The SMILES string of the molecule is O=C(COc1cccc(C(F)(F)F)c1)N/N=C/c1ccccc1[N+](=O)[O-]. The van der Waals surface area contributed by atoms with Crippen LogP contribution in [0.1, 0.15) is 11.1 Å². The number of carbonyl (C=O) groups is 1. The number of nitro groups is 1. The molecule has 0 saturated carbocycles. The van der Waals surface area contributed by atoms with E-state index in [1.165, 1.54) is 24.3 Å². The molecule has 0 aromatic heterocycles. The highest BCUT2D eigenvalue weighted by Crippen LogP contribution is 2.31. The summed E-state index contributed by atoms with van der Waals surface area (Å²) in [6, 6.07) is 9.84. The summed E-state index contributed by atoms with van der Waals surface area (Å²) in [5, 5.41) is 14.4. The molecule has 2 rings (SSSR count). The number of benzene rings is 2. The Labute approximate surface area is 145 Å². The average molecular weight is 367 g/mol. The zero-order valence-corrected chi connectivity index (χ0v) is 13.1. The maximum absolute atomic E-state index is 12.6. The van der Waals surface area contributed by atoms with Gasteiger partial charge in [0.05, 0.1) is 22.3 Å². The smallest absolute Gasteiger partial charge is 0.416 e. The molecule has 0 spiro atoms. The van der Waals surface area contributed by atoms with Crippen LogP contribution in [0.3, 0.4) is 0 Å². The Kier molecular flexibility index (Phi) is 5.89. The zero-order chi connectivity index (χ0) is 19.2. The molecule has 0 radical (unpaired) electrons. The molecule has 0 fully saturated rings. The normalized spacial score (nSPS) is 11.3. The second kappa shape index (κ2) is 8.10. The molecule has 0 heterocycles. The molecule has 2 aromatic rings. The van der Waals surface area contributed by atoms with E-state index in [-0.39, 0.29) is 17.0 Å². The summed E-state index contributed by atoms with van der Waals surface area (Å²) in [6.45, 7) is -0.574. The molecular weight excluding hydrogens is 355 g/mol. The maximum atomic E-state index is 12.6. The van der Waals surface area contributed by atoms with Gasteiger partial charge < -0.3 is 4.74 Å². The van der Waals surface area contributed by atoms with Crippen molar-refractivity contribution >= 4 is 17.8 Å². The van der Waals surface area contributed by atoms with Crippen LogP contribution in [-0.2, 0) is 11.0 Å². The predicted octanol–water partition coefficient (Wildman–Crippen LogP) is 3.14. The number of nitrogens with zero attached hydrogens (tertiary/aromatic N) is 2. The Balaban J connectivity index is 1.91. The summed E-state index contributed by atoms with van der Waals surface area (Å²) in [6.07, 6.45) is -3.43. The Morgan fingerprint density at radius 2 is 1.96 bits per heavy atom. The van der Waals surface area contributed by atoms with Crippen LogP contribution in [-0.4, -0.2) is 23.7 Å². The number of nitro benzene ring substituents is 1. The van der Waals surface area contributed by atoms with E-state index >= 15 is 0 Å². The standard InChI is InChI=1S/C16H12F3N3O4/c17-16(18,19)12-5-3-6-13(8-12)26-10-15(23)21-20-9-11-4-1-2-7-14(11)22(24)25/h1-9H,10H2,(H,21,23)/b20-9+. The number of halogens is 3. The first-order valence-corrected chi connectivity index (χ1v) is 7.13. The first-order chi connectivity index (χ1) is 12.3. The van der Waals surface area contributed by atoms with E-state index in [1.54, 1.807) is 6.07 Å². The van der Waals surface area contributed by atoms with Gasteiger partial charge in [0.1, 0.15) is 5.75 Å². The molecule has 0 aliphatic rings. The van der Waals surface area contributed by atoms with Gasteiger partial charge in [-0.25, -0.2) is 5.43 Å². The van der Waals surface area contributed by atoms with Gasteiger partial charge in [0.25, 0.3) is 11.6 Å². The van der Waals surface area contributed by atoms with Crippen LogP contribution in [0.25, 0.3) is 0 Å². The molecule has 0 atom stereocenters. The second-order valence-corrected chi connectivity index (χ2v) is 4.92. The highest BCUT2D eigenvalue weighted by Gasteiger charge is 2.30. The van der Waals surface area contributed by atoms with E-state index in [1.807, 2.05) is 0 Å². The van der Waals surface area contributed by atoms with Crippen LogP contribution in [0, 0.1) is 10.1 Å². The average Bonchev–Trinajstić information content (AvgIpc) is 2.60. The summed E-state index contributed by atoms with van der Waals surface area (Å²) in [5.41, 5.74) is 1.16. The molecule has 0 bridgehead atoms. The van der Waals surface area contributed by atoms with Crippen LogP contribution in [0.5, 0.6) is 5.75 Å². The van der Waals surface area contributed by atoms with E-state index in [9.17, 15) is 28.1 Å². The lowest BCUT2D eigenvalue weighted by Gasteiger charge is -2.09. The van der Waals surface area contributed by atoms with Crippen molar-refractivity contribution in [1.82, 2.24) is 5.43 Å². The minimum atomic E-state index is -4.52. The van der Waals surface area contributed by atoms with Gasteiger partial charge in [-0.1, -0.05) is 18.2 Å². The fourth-order valence-corrected chi connectivity index (χ4v) is 1.88. The van der Waals surface area contributed by atoms with E-state index < -0.39 is 29.2 Å². The largest absolute Gasteiger partial charge is 0.484 e. The minimum Gasteiger partial charge on any atom is -0.484 e. The number of rotatable bonds is 6. The lowest BCUT2D eigenvalue weighted by Crippen LogP contribution is -2.24. The van der Waals surface area contributed by atoms with Crippen molar-refractivity contribution in [2.24, 2.45) is 5.10 Å². The van der Waals surface area contributed by atoms with Gasteiger partial charge in [0.2, 0.25) is 0 Å². The van der Waals surface area contributed by atoms with Gasteiger partial charge in [0.15, 0.2) is 6.61 Å². The van der Waals surface area contributed by atoms with Gasteiger partial charge in [-0.3, -0.25) is 14.9 Å². The van der Waals surface area contributed by atoms with Gasteiger partial charge in [-0.05, 0) is 24.3 Å². The van der Waals surface area contributed by atoms with Crippen LogP contribution >= 0.6 is 0 Å². The van der Waals surface area contributed by atoms with Gasteiger partial charge >= 0.3 is 6.18 Å². The summed E-state index contributed by atoms with van der Waals surface area (Å²) < 4.78 is 42.7. The number of hydrogen-bond donors (Lipinski definition) is 1. The predicted molar refractivity (Wildman–Crippen MR) is 85.8 cm³/mol. The fourth-order valence-electron chi connectivity index (χ4n) is 1.88. The van der Waals surface area contributed by atoms with Crippen molar-refractivity contribution in [2.45, 2.75) is 6.18 Å². The molecule has 1 amide bonds. The lowest BCUT2D eigenvalue weighted by molar-refractivity contribution is -0.385. The molecule has 0 saturated heterocycles. The molecule has 0 aliphatic heterocycles. The van der Waals surface area contributed by atoms with Crippen LogP contribution < -0.4 is 10.2 Å².